The number of hydrogen-bond acceptors (Lipinski definition) is 6. The molecule has 9 heteroatoms. The Bertz CT molecular complexity index is 646. The van der Waals surface area contributed by atoms with Gasteiger partial charge in [0.25, 0.3) is 11.6 Å². The molecule has 1 heterocycles. The van der Waals surface area contributed by atoms with Gasteiger partial charge in [0.15, 0.2) is 11.5 Å². The molecule has 1 unspecified atom stereocenters. The number of piperidine rings is 1. The second kappa shape index (κ2) is 9.59. The third-order valence-electron chi connectivity index (χ3n) is 4.58. The van der Waals surface area contributed by atoms with Crippen molar-refractivity contribution in [3.05, 3.63) is 27.8 Å². The van der Waals surface area contributed by atoms with Gasteiger partial charge in [0.1, 0.15) is 5.56 Å². The zero-order chi connectivity index (χ0) is 18.6. The SMILES string of the molecule is CCOc1cc(C(=O)N2CCC(C(C)N)CC2)c([N+](=O)[O-])cc1OC.Cl. The average molecular weight is 388 g/mol. The molecule has 1 aromatic carbocycles. The Morgan fingerprint density at radius 2 is 2.00 bits per heavy atom. The summed E-state index contributed by atoms with van der Waals surface area (Å²) in [6.45, 7) is 5.20. The van der Waals surface area contributed by atoms with Gasteiger partial charge in [-0.15, -0.1) is 12.4 Å². The molecule has 1 saturated heterocycles. The highest BCUT2D eigenvalue weighted by molar-refractivity contribution is 5.99. The number of hydrogen-bond donors (Lipinski definition) is 1. The zero-order valence-corrected chi connectivity index (χ0v) is 16.1. The number of nitrogens with zero attached hydrogens (tertiary/aromatic N) is 2. The van der Waals surface area contributed by atoms with Gasteiger partial charge in [0, 0.05) is 25.2 Å². The molecule has 146 valence electrons. The standard InChI is InChI=1S/C17H25N3O5.ClH/c1-4-25-16-9-13(14(20(22)23)10-15(16)24-3)17(21)19-7-5-12(6-8-19)11(2)18;/h9-12H,4-8,18H2,1-3H3;1H. The van der Waals surface area contributed by atoms with Crippen molar-refractivity contribution in [2.45, 2.75) is 32.7 Å². The summed E-state index contributed by atoms with van der Waals surface area (Å²) in [5.41, 5.74) is 5.67. The molecule has 1 aliphatic rings. The predicted octanol–water partition coefficient (Wildman–Crippen LogP) is 2.62. The van der Waals surface area contributed by atoms with Crippen LogP contribution in [0.2, 0.25) is 0 Å². The quantitative estimate of drug-likeness (QED) is 0.593. The zero-order valence-electron chi connectivity index (χ0n) is 15.3. The minimum absolute atomic E-state index is 0. The van der Waals surface area contributed by atoms with E-state index in [0.717, 1.165) is 12.8 Å². The minimum Gasteiger partial charge on any atom is -0.493 e. The molecule has 1 aromatic rings. The fourth-order valence-electron chi connectivity index (χ4n) is 3.10. The third kappa shape index (κ3) is 4.76. The van der Waals surface area contributed by atoms with Gasteiger partial charge in [-0.2, -0.15) is 0 Å². The van der Waals surface area contributed by atoms with Crippen LogP contribution in [0.3, 0.4) is 0 Å². The maximum absolute atomic E-state index is 12.9. The lowest BCUT2D eigenvalue weighted by Gasteiger charge is -2.33. The molecular formula is C17H26ClN3O5. The van der Waals surface area contributed by atoms with Crippen molar-refractivity contribution < 1.29 is 19.2 Å². The normalized spacial score (nSPS) is 15.8. The number of methoxy groups -OCH3 is 1. The summed E-state index contributed by atoms with van der Waals surface area (Å²) in [5, 5.41) is 11.4. The van der Waals surface area contributed by atoms with Crippen LogP contribution in [-0.4, -0.2) is 48.6 Å². The Morgan fingerprint density at radius 1 is 1.38 bits per heavy atom. The third-order valence-corrected chi connectivity index (χ3v) is 4.58. The molecule has 0 radical (unpaired) electrons. The number of carbonyl (C=O) groups is 1. The van der Waals surface area contributed by atoms with Gasteiger partial charge in [0.2, 0.25) is 0 Å². The minimum atomic E-state index is -0.569. The smallest absolute Gasteiger partial charge is 0.286 e. The summed E-state index contributed by atoms with van der Waals surface area (Å²) in [4.78, 5) is 25.3. The van der Waals surface area contributed by atoms with Crippen LogP contribution in [0.5, 0.6) is 11.5 Å². The van der Waals surface area contributed by atoms with Gasteiger partial charge in [-0.05, 0) is 32.6 Å². The number of amides is 1. The summed E-state index contributed by atoms with van der Waals surface area (Å²) in [5.74, 6) is 0.567. The second-order valence-electron chi connectivity index (χ2n) is 6.20. The van der Waals surface area contributed by atoms with Crippen molar-refractivity contribution in [1.29, 1.82) is 0 Å². The van der Waals surface area contributed by atoms with Gasteiger partial charge in [0.05, 0.1) is 24.7 Å². The molecule has 26 heavy (non-hydrogen) atoms. The molecule has 0 aromatic heterocycles. The largest absolute Gasteiger partial charge is 0.493 e. The number of nitro benzene ring substituents is 1. The van der Waals surface area contributed by atoms with E-state index in [2.05, 4.69) is 0 Å². The van der Waals surface area contributed by atoms with E-state index in [1.54, 1.807) is 11.8 Å². The van der Waals surface area contributed by atoms with Gasteiger partial charge < -0.3 is 20.1 Å². The molecule has 1 aliphatic heterocycles. The molecule has 2 rings (SSSR count). The highest BCUT2D eigenvalue weighted by Gasteiger charge is 2.31. The van der Waals surface area contributed by atoms with Crippen LogP contribution in [0, 0.1) is 16.0 Å². The fraction of sp³-hybridized carbons (Fsp3) is 0.588. The predicted molar refractivity (Wildman–Crippen MR) is 100 cm³/mol. The van der Waals surface area contributed by atoms with Crippen LogP contribution in [0.1, 0.15) is 37.0 Å². The van der Waals surface area contributed by atoms with E-state index >= 15 is 0 Å². The summed E-state index contributed by atoms with van der Waals surface area (Å²) in [7, 11) is 1.40. The van der Waals surface area contributed by atoms with Gasteiger partial charge in [-0.25, -0.2) is 0 Å². The van der Waals surface area contributed by atoms with Crippen LogP contribution < -0.4 is 15.2 Å². The topological polar surface area (TPSA) is 108 Å². The molecule has 1 fully saturated rings. The lowest BCUT2D eigenvalue weighted by atomic mass is 9.90. The van der Waals surface area contributed by atoms with E-state index in [0.29, 0.717) is 31.4 Å². The Morgan fingerprint density at radius 3 is 2.46 bits per heavy atom. The lowest BCUT2D eigenvalue weighted by Crippen LogP contribution is -2.42. The molecular weight excluding hydrogens is 362 g/mol. The highest BCUT2D eigenvalue weighted by atomic mass is 35.5. The van der Waals surface area contributed by atoms with Crippen molar-refractivity contribution in [2.75, 3.05) is 26.8 Å². The van der Waals surface area contributed by atoms with Crippen molar-refractivity contribution in [3.8, 4) is 11.5 Å². The molecule has 8 nitrogen and oxygen atoms in total. The number of nitrogens with two attached hydrogens (primary N) is 1. The fourth-order valence-corrected chi connectivity index (χ4v) is 3.10. The number of carbonyl (C=O) groups excluding carboxylic acids is 1. The first kappa shape index (κ1) is 22.0. The molecule has 0 spiro atoms. The average Bonchev–Trinajstić information content (AvgIpc) is 2.60. The summed E-state index contributed by atoms with van der Waals surface area (Å²) < 4.78 is 10.6. The first-order valence-electron chi connectivity index (χ1n) is 8.43. The van der Waals surface area contributed by atoms with Gasteiger partial charge in [-0.3, -0.25) is 14.9 Å². The summed E-state index contributed by atoms with van der Waals surface area (Å²) >= 11 is 0. The van der Waals surface area contributed by atoms with Crippen molar-refractivity contribution >= 4 is 24.0 Å². The monoisotopic (exact) mass is 387 g/mol. The van der Waals surface area contributed by atoms with E-state index in [1.165, 1.54) is 19.2 Å². The van der Waals surface area contributed by atoms with E-state index in [4.69, 9.17) is 15.2 Å². The Hall–Kier alpha value is -2.06. The maximum Gasteiger partial charge on any atom is 0.286 e. The molecule has 0 aliphatic carbocycles. The van der Waals surface area contributed by atoms with Crippen LogP contribution in [0.15, 0.2) is 12.1 Å². The van der Waals surface area contributed by atoms with Crippen LogP contribution in [0.4, 0.5) is 5.69 Å². The van der Waals surface area contributed by atoms with Gasteiger partial charge in [-0.1, -0.05) is 0 Å². The highest BCUT2D eigenvalue weighted by Crippen LogP contribution is 2.36. The van der Waals surface area contributed by atoms with Crippen molar-refractivity contribution in [1.82, 2.24) is 4.90 Å². The van der Waals surface area contributed by atoms with Crippen LogP contribution in [0.25, 0.3) is 0 Å². The number of benzene rings is 1. The molecule has 1 amide bonds. The van der Waals surface area contributed by atoms with E-state index in [1.807, 2.05) is 6.92 Å². The molecule has 0 bridgehead atoms. The first-order valence-corrected chi connectivity index (χ1v) is 8.43. The maximum atomic E-state index is 12.9. The molecule has 0 saturated carbocycles. The van der Waals surface area contributed by atoms with Crippen LogP contribution >= 0.6 is 12.4 Å². The lowest BCUT2D eigenvalue weighted by molar-refractivity contribution is -0.385. The second-order valence-corrected chi connectivity index (χ2v) is 6.20. The van der Waals surface area contributed by atoms with Crippen LogP contribution in [-0.2, 0) is 0 Å². The van der Waals surface area contributed by atoms with E-state index in [9.17, 15) is 14.9 Å². The van der Waals surface area contributed by atoms with Crippen molar-refractivity contribution in [2.24, 2.45) is 11.7 Å². The Balaban J connectivity index is 0.00000338. The molecule has 2 N–H and O–H groups in total. The van der Waals surface area contributed by atoms with Gasteiger partial charge >= 0.3 is 0 Å². The van der Waals surface area contributed by atoms with E-state index < -0.39 is 4.92 Å². The van der Waals surface area contributed by atoms with E-state index in [-0.39, 0.29) is 41.4 Å². The summed E-state index contributed by atoms with van der Waals surface area (Å²) in [6, 6.07) is 2.73. The summed E-state index contributed by atoms with van der Waals surface area (Å²) in [6.07, 6.45) is 1.59. The first-order chi connectivity index (χ1) is 11.9. The molecule has 1 atom stereocenters. The number of likely N-dealkylation sites (tertiary alicyclic amines) is 1. The Labute approximate surface area is 159 Å². The number of nitro groups is 1. The number of rotatable bonds is 6. The van der Waals surface area contributed by atoms with Crippen molar-refractivity contribution in [3.63, 3.8) is 0 Å². The number of halogens is 1. The Kier molecular flexibility index (Phi) is 8.10. The number of ether oxygens (including phenoxy) is 2.